The molecule has 7 nitrogen and oxygen atoms in total. The first kappa shape index (κ1) is 24.6. The number of hydrogen-bond donors (Lipinski definition) is 1. The third-order valence-corrected chi connectivity index (χ3v) is 7.32. The zero-order chi connectivity index (χ0) is 26.3. The molecule has 1 amide bonds. The average Bonchev–Trinajstić information content (AvgIpc) is 3.32. The molecule has 4 aromatic rings. The van der Waals surface area contributed by atoms with Crippen LogP contribution in [0.25, 0.3) is 11.0 Å². The van der Waals surface area contributed by atoms with Gasteiger partial charge in [0.05, 0.1) is 17.5 Å². The van der Waals surface area contributed by atoms with E-state index in [1.165, 1.54) is 6.07 Å². The predicted octanol–water partition coefficient (Wildman–Crippen LogP) is 5.01. The Morgan fingerprint density at radius 2 is 1.89 bits per heavy atom. The van der Waals surface area contributed by atoms with Crippen LogP contribution >= 0.6 is 0 Å². The minimum atomic E-state index is -0.897. The fraction of sp³-hybridized carbons (Fsp3) is 0.310. The van der Waals surface area contributed by atoms with E-state index in [0.29, 0.717) is 26.1 Å². The summed E-state index contributed by atoms with van der Waals surface area (Å²) in [4.78, 5) is 26.7. The molecule has 1 aliphatic rings. The molecule has 1 aromatic heterocycles. The number of halogens is 1. The van der Waals surface area contributed by atoms with Gasteiger partial charge in [-0.25, -0.2) is 9.07 Å². The molecule has 190 valence electrons. The summed E-state index contributed by atoms with van der Waals surface area (Å²) in [6.45, 7) is 7.33. The first-order valence-electron chi connectivity index (χ1n) is 12.5. The molecular weight excluding hydrogens is 471 g/mol. The highest BCUT2D eigenvalue weighted by atomic mass is 19.1. The van der Waals surface area contributed by atoms with Gasteiger partial charge in [0.2, 0.25) is 0 Å². The molecule has 1 unspecified atom stereocenters. The number of hydrogen-bond acceptors (Lipinski definition) is 4. The van der Waals surface area contributed by atoms with Crippen LogP contribution in [0.15, 0.2) is 48.5 Å². The van der Waals surface area contributed by atoms with Gasteiger partial charge >= 0.3 is 5.97 Å². The van der Waals surface area contributed by atoms with E-state index < -0.39 is 11.8 Å². The molecule has 0 saturated carbocycles. The highest BCUT2D eigenvalue weighted by Crippen LogP contribution is 2.35. The largest absolute Gasteiger partial charge is 0.481 e. The molecule has 0 fully saturated rings. The quantitative estimate of drug-likeness (QED) is 0.402. The lowest BCUT2D eigenvalue weighted by atomic mass is 9.83. The molecule has 1 N–H and O–H groups in total. The molecule has 0 bridgehead atoms. The number of rotatable bonds is 6. The molecule has 0 radical (unpaired) electrons. The van der Waals surface area contributed by atoms with Gasteiger partial charge in [0.25, 0.3) is 5.91 Å². The van der Waals surface area contributed by atoms with Crippen molar-refractivity contribution < 1.29 is 19.1 Å². The van der Waals surface area contributed by atoms with Crippen LogP contribution in [-0.4, -0.2) is 43.4 Å². The third kappa shape index (κ3) is 4.59. The van der Waals surface area contributed by atoms with Gasteiger partial charge in [0.1, 0.15) is 11.3 Å². The van der Waals surface area contributed by atoms with Crippen molar-refractivity contribution in [3.63, 3.8) is 0 Å². The van der Waals surface area contributed by atoms with Crippen LogP contribution in [0.2, 0.25) is 0 Å². The van der Waals surface area contributed by atoms with Gasteiger partial charge in [0.15, 0.2) is 0 Å². The Morgan fingerprint density at radius 1 is 1.08 bits per heavy atom. The second-order valence-corrected chi connectivity index (χ2v) is 9.69. The van der Waals surface area contributed by atoms with Gasteiger partial charge in [-0.05, 0) is 73.2 Å². The van der Waals surface area contributed by atoms with Gasteiger partial charge in [-0.3, -0.25) is 9.59 Å². The summed E-state index contributed by atoms with van der Waals surface area (Å²) in [5.41, 5.74) is 7.32. The Balaban J connectivity index is 1.50. The minimum Gasteiger partial charge on any atom is -0.481 e. The first-order valence-corrected chi connectivity index (χ1v) is 12.5. The Bertz CT molecular complexity index is 1530. The highest BCUT2D eigenvalue weighted by molar-refractivity contribution is 5.94. The van der Waals surface area contributed by atoms with Crippen molar-refractivity contribution in [1.29, 1.82) is 0 Å². The molecule has 0 saturated heterocycles. The van der Waals surface area contributed by atoms with Crippen LogP contribution in [-0.2, 0) is 24.3 Å². The molecule has 8 heteroatoms. The number of aryl methyl sites for hydroxylation is 3. The Labute approximate surface area is 214 Å². The molecule has 2 heterocycles. The van der Waals surface area contributed by atoms with Crippen LogP contribution in [0.5, 0.6) is 0 Å². The summed E-state index contributed by atoms with van der Waals surface area (Å²) < 4.78 is 16.2. The van der Waals surface area contributed by atoms with Crippen molar-refractivity contribution in [3.8, 4) is 0 Å². The van der Waals surface area contributed by atoms with Crippen molar-refractivity contribution in [2.45, 2.75) is 52.6 Å². The molecule has 1 aliphatic heterocycles. The number of amides is 1. The summed E-state index contributed by atoms with van der Waals surface area (Å²) >= 11 is 0. The molecule has 3 aromatic carbocycles. The summed E-state index contributed by atoms with van der Waals surface area (Å²) in [5.74, 6) is -2.15. The van der Waals surface area contributed by atoms with Crippen LogP contribution < -0.4 is 0 Å². The Morgan fingerprint density at radius 3 is 2.65 bits per heavy atom. The van der Waals surface area contributed by atoms with Crippen LogP contribution in [0.1, 0.15) is 63.0 Å². The number of benzene rings is 3. The fourth-order valence-corrected chi connectivity index (χ4v) is 5.32. The van der Waals surface area contributed by atoms with E-state index in [4.69, 9.17) is 0 Å². The van der Waals surface area contributed by atoms with Gasteiger partial charge in [-0.15, -0.1) is 5.10 Å². The Hall–Kier alpha value is -4.07. The molecular formula is C29H29FN4O3. The SMILES string of the molecule is CCn1nnc2c(C)c(C(CC(=O)O)c3ccc4c(c3)CN(C(=O)c3cc(C)ccc3F)CC4)ccc21. The van der Waals surface area contributed by atoms with E-state index in [2.05, 4.69) is 10.3 Å². The smallest absolute Gasteiger partial charge is 0.304 e. The molecule has 5 rings (SSSR count). The summed E-state index contributed by atoms with van der Waals surface area (Å²) in [6, 6.07) is 14.5. The van der Waals surface area contributed by atoms with Gasteiger partial charge in [0, 0.05) is 25.6 Å². The highest BCUT2D eigenvalue weighted by Gasteiger charge is 2.27. The van der Waals surface area contributed by atoms with E-state index in [1.54, 1.807) is 17.0 Å². The fourth-order valence-electron chi connectivity index (χ4n) is 5.32. The second kappa shape index (κ2) is 9.76. The lowest BCUT2D eigenvalue weighted by Crippen LogP contribution is -2.36. The van der Waals surface area contributed by atoms with E-state index >= 15 is 0 Å². The van der Waals surface area contributed by atoms with Crippen molar-refractivity contribution in [3.05, 3.63) is 93.3 Å². The maximum atomic E-state index is 14.4. The number of carboxylic acid groups (broad SMARTS) is 1. The van der Waals surface area contributed by atoms with Gasteiger partial charge in [-0.1, -0.05) is 41.1 Å². The lowest BCUT2D eigenvalue weighted by Gasteiger charge is -2.30. The molecule has 37 heavy (non-hydrogen) atoms. The van der Waals surface area contributed by atoms with Crippen molar-refractivity contribution >= 4 is 22.9 Å². The van der Waals surface area contributed by atoms with Crippen molar-refractivity contribution in [1.82, 2.24) is 19.9 Å². The summed E-state index contributed by atoms with van der Waals surface area (Å²) in [5, 5.41) is 18.3. The van der Waals surface area contributed by atoms with Crippen LogP contribution in [0, 0.1) is 19.7 Å². The topological polar surface area (TPSA) is 88.3 Å². The predicted molar refractivity (Wildman–Crippen MR) is 138 cm³/mol. The number of aromatic nitrogens is 3. The number of nitrogens with zero attached hydrogens (tertiary/aromatic N) is 4. The maximum Gasteiger partial charge on any atom is 0.304 e. The summed E-state index contributed by atoms with van der Waals surface area (Å²) in [6.07, 6.45) is 0.577. The van der Waals surface area contributed by atoms with Gasteiger partial charge in [-0.2, -0.15) is 0 Å². The first-order chi connectivity index (χ1) is 17.8. The molecule has 0 spiro atoms. The number of aliphatic carboxylic acids is 1. The lowest BCUT2D eigenvalue weighted by molar-refractivity contribution is -0.137. The Kier molecular flexibility index (Phi) is 6.50. The van der Waals surface area contributed by atoms with E-state index in [1.807, 2.05) is 55.8 Å². The van der Waals surface area contributed by atoms with E-state index in [-0.39, 0.29) is 23.8 Å². The maximum absolute atomic E-state index is 14.4. The molecule has 0 aliphatic carbocycles. The summed E-state index contributed by atoms with van der Waals surface area (Å²) in [7, 11) is 0. The zero-order valence-electron chi connectivity index (χ0n) is 21.2. The van der Waals surface area contributed by atoms with E-state index in [9.17, 15) is 19.1 Å². The van der Waals surface area contributed by atoms with Crippen molar-refractivity contribution in [2.24, 2.45) is 0 Å². The van der Waals surface area contributed by atoms with Crippen LogP contribution in [0.4, 0.5) is 4.39 Å². The number of fused-ring (bicyclic) bond motifs is 2. The van der Waals surface area contributed by atoms with Crippen molar-refractivity contribution in [2.75, 3.05) is 6.54 Å². The number of carbonyl (C=O) groups excluding carboxylic acids is 1. The van der Waals surface area contributed by atoms with Gasteiger partial charge < -0.3 is 10.0 Å². The number of carboxylic acids is 1. The zero-order valence-corrected chi connectivity index (χ0v) is 21.2. The monoisotopic (exact) mass is 500 g/mol. The third-order valence-electron chi connectivity index (χ3n) is 7.32. The normalized spacial score (nSPS) is 14.0. The minimum absolute atomic E-state index is 0.0763. The van der Waals surface area contributed by atoms with Crippen LogP contribution in [0.3, 0.4) is 0 Å². The second-order valence-electron chi connectivity index (χ2n) is 9.69. The van der Waals surface area contributed by atoms with E-state index in [0.717, 1.165) is 44.4 Å². The molecule has 1 atom stereocenters. The average molecular weight is 501 g/mol. The standard InChI is InChI=1S/C29H29FN4O3/c1-4-34-26-10-8-22(18(3)28(26)31-32-34)23(15-27(35)36)20-7-6-19-11-12-33(16-21(19)14-20)29(37)24-13-17(2)5-9-25(24)30/h5-10,13-14,23H,4,11-12,15-16H2,1-3H3,(H,35,36). The number of carbonyl (C=O) groups is 2.